The predicted molar refractivity (Wildman–Crippen MR) is 61.3 cm³/mol. The molecular weight excluding hydrogens is 202 g/mol. The Hall–Kier alpha value is -2.10. The predicted octanol–water partition coefficient (Wildman–Crippen LogP) is 2.08. The molecule has 2 aromatic rings. The van der Waals surface area contributed by atoms with E-state index in [1.807, 2.05) is 37.5 Å². The van der Waals surface area contributed by atoms with Crippen LogP contribution in [0.3, 0.4) is 0 Å². The van der Waals surface area contributed by atoms with Gasteiger partial charge in [-0.2, -0.15) is 0 Å². The maximum Gasteiger partial charge on any atom is 0.222 e. The number of benzene rings is 1. The molecular formula is C12H11N3O. The molecule has 80 valence electrons. The van der Waals surface area contributed by atoms with Crippen LogP contribution in [0.25, 0.3) is 11.3 Å². The molecule has 1 aromatic carbocycles. The van der Waals surface area contributed by atoms with Crippen molar-refractivity contribution in [3.63, 3.8) is 0 Å². The quantitative estimate of drug-likeness (QED) is 0.787. The number of nitrogens with zero attached hydrogens (tertiary/aromatic N) is 2. The summed E-state index contributed by atoms with van der Waals surface area (Å²) in [4.78, 5) is 8.65. The smallest absolute Gasteiger partial charge is 0.222 e. The Balaban J connectivity index is 2.22. The van der Waals surface area contributed by atoms with Crippen molar-refractivity contribution in [3.8, 4) is 17.0 Å². The van der Waals surface area contributed by atoms with Gasteiger partial charge in [0, 0.05) is 24.4 Å². The maximum atomic E-state index is 5.62. The van der Waals surface area contributed by atoms with Gasteiger partial charge in [0.25, 0.3) is 0 Å². The second-order valence-electron chi connectivity index (χ2n) is 3.60. The van der Waals surface area contributed by atoms with E-state index in [-0.39, 0.29) is 0 Å². The van der Waals surface area contributed by atoms with Crippen LogP contribution in [-0.2, 0) is 6.61 Å². The third-order valence-electron chi connectivity index (χ3n) is 2.61. The third-order valence-corrected chi connectivity index (χ3v) is 2.61. The molecule has 0 amide bonds. The van der Waals surface area contributed by atoms with Crippen molar-refractivity contribution in [2.24, 2.45) is 0 Å². The van der Waals surface area contributed by atoms with Crippen LogP contribution < -0.4 is 10.1 Å². The van der Waals surface area contributed by atoms with Gasteiger partial charge in [0.2, 0.25) is 5.95 Å². The number of ether oxygens (including phenoxy) is 1. The van der Waals surface area contributed by atoms with E-state index in [4.69, 9.17) is 4.74 Å². The minimum atomic E-state index is 0.538. The van der Waals surface area contributed by atoms with E-state index in [1.54, 1.807) is 0 Å². The Morgan fingerprint density at radius 3 is 3.06 bits per heavy atom. The fourth-order valence-electron chi connectivity index (χ4n) is 1.81. The molecule has 4 nitrogen and oxygen atoms in total. The Morgan fingerprint density at radius 1 is 1.31 bits per heavy atom. The number of nitrogens with one attached hydrogen (secondary N) is 1. The molecule has 0 bridgehead atoms. The van der Waals surface area contributed by atoms with Crippen LogP contribution in [0.15, 0.2) is 30.5 Å². The first-order valence-corrected chi connectivity index (χ1v) is 5.14. The number of hydrogen-bond donors (Lipinski definition) is 1. The summed E-state index contributed by atoms with van der Waals surface area (Å²) in [6, 6.07) is 7.92. The zero-order valence-corrected chi connectivity index (χ0v) is 8.90. The van der Waals surface area contributed by atoms with Crippen molar-refractivity contribution in [2.75, 3.05) is 12.4 Å². The number of hydrogen-bond acceptors (Lipinski definition) is 4. The Kier molecular flexibility index (Phi) is 1.99. The van der Waals surface area contributed by atoms with Gasteiger partial charge >= 0.3 is 0 Å². The maximum absolute atomic E-state index is 5.62. The molecule has 3 rings (SSSR count). The van der Waals surface area contributed by atoms with Crippen LogP contribution >= 0.6 is 0 Å². The van der Waals surface area contributed by atoms with Crippen molar-refractivity contribution in [1.82, 2.24) is 9.97 Å². The Morgan fingerprint density at radius 2 is 2.19 bits per heavy atom. The number of rotatable bonds is 1. The van der Waals surface area contributed by atoms with Crippen molar-refractivity contribution >= 4 is 5.95 Å². The summed E-state index contributed by atoms with van der Waals surface area (Å²) in [6.45, 7) is 0.538. The first-order chi connectivity index (χ1) is 7.88. The second-order valence-corrected chi connectivity index (χ2v) is 3.60. The van der Waals surface area contributed by atoms with E-state index in [0.717, 1.165) is 22.6 Å². The summed E-state index contributed by atoms with van der Waals surface area (Å²) in [6.07, 6.45) is 1.81. The monoisotopic (exact) mass is 213 g/mol. The minimum Gasteiger partial charge on any atom is -0.488 e. The highest BCUT2D eigenvalue weighted by Crippen LogP contribution is 2.35. The SMILES string of the molecule is CNc1ncc2c(n1)-c1ccccc1OC2. The lowest BCUT2D eigenvalue weighted by Crippen LogP contribution is -2.09. The zero-order chi connectivity index (χ0) is 11.0. The first-order valence-electron chi connectivity index (χ1n) is 5.14. The van der Waals surface area contributed by atoms with Crippen LogP contribution in [-0.4, -0.2) is 17.0 Å². The van der Waals surface area contributed by atoms with E-state index < -0.39 is 0 Å². The molecule has 0 saturated carbocycles. The molecule has 0 saturated heterocycles. The number of anilines is 1. The van der Waals surface area contributed by atoms with Crippen LogP contribution in [0.4, 0.5) is 5.95 Å². The van der Waals surface area contributed by atoms with Gasteiger partial charge in [-0.3, -0.25) is 0 Å². The normalized spacial score (nSPS) is 12.3. The molecule has 0 aliphatic carbocycles. The molecule has 4 heteroatoms. The summed E-state index contributed by atoms with van der Waals surface area (Å²) in [5.74, 6) is 1.52. The molecule has 1 aliphatic heterocycles. The zero-order valence-electron chi connectivity index (χ0n) is 8.90. The van der Waals surface area contributed by atoms with Crippen molar-refractivity contribution in [3.05, 3.63) is 36.0 Å². The van der Waals surface area contributed by atoms with Gasteiger partial charge in [0.1, 0.15) is 12.4 Å². The van der Waals surface area contributed by atoms with Gasteiger partial charge in [-0.15, -0.1) is 0 Å². The van der Waals surface area contributed by atoms with Crippen molar-refractivity contribution in [2.45, 2.75) is 6.61 Å². The second kappa shape index (κ2) is 3.48. The topological polar surface area (TPSA) is 47.0 Å². The number of aromatic nitrogens is 2. The summed E-state index contributed by atoms with van der Waals surface area (Å²) < 4.78 is 5.62. The van der Waals surface area contributed by atoms with Gasteiger partial charge in [-0.25, -0.2) is 9.97 Å². The molecule has 0 spiro atoms. The van der Waals surface area contributed by atoms with E-state index in [9.17, 15) is 0 Å². The summed E-state index contributed by atoms with van der Waals surface area (Å²) in [7, 11) is 1.81. The molecule has 0 unspecified atom stereocenters. The number of fused-ring (bicyclic) bond motifs is 3. The Bertz CT molecular complexity index is 540. The van der Waals surface area contributed by atoms with Gasteiger partial charge in [0.15, 0.2) is 0 Å². The summed E-state index contributed by atoms with van der Waals surface area (Å²) in [5.41, 5.74) is 3.02. The first kappa shape index (κ1) is 9.15. The molecule has 0 fully saturated rings. The third kappa shape index (κ3) is 1.31. The van der Waals surface area contributed by atoms with Crippen LogP contribution in [0, 0.1) is 0 Å². The fourth-order valence-corrected chi connectivity index (χ4v) is 1.81. The summed E-state index contributed by atoms with van der Waals surface area (Å²) in [5, 5.41) is 2.94. The van der Waals surface area contributed by atoms with Crippen LogP contribution in [0.5, 0.6) is 5.75 Å². The van der Waals surface area contributed by atoms with Gasteiger partial charge in [-0.05, 0) is 12.1 Å². The molecule has 1 aliphatic rings. The fraction of sp³-hybridized carbons (Fsp3) is 0.167. The van der Waals surface area contributed by atoms with E-state index in [0.29, 0.717) is 12.6 Å². The average Bonchev–Trinajstić information content (AvgIpc) is 2.38. The highest BCUT2D eigenvalue weighted by atomic mass is 16.5. The van der Waals surface area contributed by atoms with Gasteiger partial charge in [-0.1, -0.05) is 12.1 Å². The summed E-state index contributed by atoms with van der Waals surface area (Å²) >= 11 is 0. The molecule has 1 N–H and O–H groups in total. The highest BCUT2D eigenvalue weighted by Gasteiger charge is 2.18. The molecule has 0 atom stereocenters. The highest BCUT2D eigenvalue weighted by molar-refractivity contribution is 5.72. The lowest BCUT2D eigenvalue weighted by atomic mass is 10.0. The van der Waals surface area contributed by atoms with Crippen LogP contribution in [0.2, 0.25) is 0 Å². The van der Waals surface area contributed by atoms with E-state index in [2.05, 4.69) is 15.3 Å². The number of para-hydroxylation sites is 1. The Labute approximate surface area is 93.3 Å². The van der Waals surface area contributed by atoms with Crippen molar-refractivity contribution in [1.29, 1.82) is 0 Å². The van der Waals surface area contributed by atoms with Crippen LogP contribution in [0.1, 0.15) is 5.56 Å². The lowest BCUT2D eigenvalue weighted by molar-refractivity contribution is 0.301. The minimum absolute atomic E-state index is 0.538. The van der Waals surface area contributed by atoms with Gasteiger partial charge in [0.05, 0.1) is 5.69 Å². The molecule has 2 heterocycles. The van der Waals surface area contributed by atoms with E-state index in [1.165, 1.54) is 0 Å². The molecule has 0 radical (unpaired) electrons. The van der Waals surface area contributed by atoms with Crippen molar-refractivity contribution < 1.29 is 4.74 Å². The van der Waals surface area contributed by atoms with E-state index >= 15 is 0 Å². The largest absolute Gasteiger partial charge is 0.488 e. The average molecular weight is 213 g/mol. The molecule has 16 heavy (non-hydrogen) atoms. The van der Waals surface area contributed by atoms with Gasteiger partial charge < -0.3 is 10.1 Å². The lowest BCUT2D eigenvalue weighted by Gasteiger charge is -2.19. The standard InChI is InChI=1S/C12H11N3O/c1-13-12-14-6-8-7-16-10-5-3-2-4-9(10)11(8)15-12/h2-6H,7H2,1H3,(H,13,14,15). The molecule has 1 aromatic heterocycles.